The molecule has 5 nitrogen and oxygen atoms in total. The van der Waals surface area contributed by atoms with Crippen LogP contribution in [0, 0.1) is 11.7 Å². The van der Waals surface area contributed by atoms with Crippen molar-refractivity contribution >= 4 is 27.4 Å². The highest BCUT2D eigenvalue weighted by Gasteiger charge is 2.26. The van der Waals surface area contributed by atoms with E-state index in [1.807, 2.05) is 23.9 Å². The summed E-state index contributed by atoms with van der Waals surface area (Å²) in [6.07, 6.45) is 8.48. The zero-order valence-electron chi connectivity index (χ0n) is 16.4. The Labute approximate surface area is 172 Å². The Morgan fingerprint density at radius 3 is 2.90 bits per heavy atom. The van der Waals surface area contributed by atoms with Gasteiger partial charge in [-0.25, -0.2) is 19.3 Å². The average molecular weight is 408 g/mol. The van der Waals surface area contributed by atoms with Crippen molar-refractivity contribution < 1.29 is 4.39 Å². The number of nitrogens with zero attached hydrogens (tertiary/aromatic N) is 4. The summed E-state index contributed by atoms with van der Waals surface area (Å²) < 4.78 is 16.6. The first kappa shape index (κ1) is 18.2. The van der Waals surface area contributed by atoms with Crippen molar-refractivity contribution in [3.05, 3.63) is 70.6 Å². The van der Waals surface area contributed by atoms with E-state index in [-0.39, 0.29) is 5.82 Å². The zero-order valence-corrected chi connectivity index (χ0v) is 17.2. The number of nitrogens with one attached hydrogen (secondary N) is 1. The van der Waals surface area contributed by atoms with Crippen LogP contribution in [0.1, 0.15) is 41.2 Å². The molecule has 0 fully saturated rings. The second-order valence-electron chi connectivity index (χ2n) is 7.75. The number of hydrogen-bond acceptors (Lipinski definition) is 5. The first-order valence-corrected chi connectivity index (χ1v) is 10.7. The number of aromatic nitrogens is 4. The highest BCUT2D eigenvalue weighted by atomic mass is 32.1. The number of thiophene rings is 1. The fraction of sp³-hybridized carbons (Fsp3) is 0.318. The zero-order chi connectivity index (χ0) is 20.0. The Bertz CT molecular complexity index is 1180. The Morgan fingerprint density at radius 2 is 2.10 bits per heavy atom. The quantitative estimate of drug-likeness (QED) is 0.523. The molecule has 5 rings (SSSR count). The number of fused-ring (bicyclic) bond motifs is 3. The molecule has 1 aliphatic rings. The molecule has 0 bridgehead atoms. The summed E-state index contributed by atoms with van der Waals surface area (Å²) in [5, 5.41) is 4.58. The first-order chi connectivity index (χ1) is 14.1. The first-order valence-electron chi connectivity index (χ1n) is 9.85. The molecule has 0 radical (unpaired) electrons. The number of aryl methyl sites for hydroxylation is 2. The minimum Gasteiger partial charge on any atom is -0.355 e. The molecular weight excluding hydrogens is 385 g/mol. The molecule has 0 saturated heterocycles. The van der Waals surface area contributed by atoms with Crippen LogP contribution < -0.4 is 5.32 Å². The standard InChI is InChI=1S/C22H22FN5S/c1-13-7-8-15-17(11-13)29-22-18(15)20(25-12-26-22)27-19(21-24-9-10-28(21)2)14-5-3-4-6-16(14)23/h3-6,9-10,12-13,19H,7-8,11H2,1-2H3,(H,25,26,27)/t13-,19+/m0/s1. The summed E-state index contributed by atoms with van der Waals surface area (Å²) in [5.74, 6) is 1.91. The fourth-order valence-electron chi connectivity index (χ4n) is 4.17. The van der Waals surface area contributed by atoms with Gasteiger partial charge in [0.05, 0.1) is 5.39 Å². The molecule has 4 aromatic rings. The minimum absolute atomic E-state index is 0.264. The van der Waals surface area contributed by atoms with Crippen molar-refractivity contribution in [2.45, 2.75) is 32.2 Å². The van der Waals surface area contributed by atoms with Gasteiger partial charge in [-0.2, -0.15) is 0 Å². The summed E-state index contributed by atoms with van der Waals surface area (Å²) in [6.45, 7) is 2.30. The lowest BCUT2D eigenvalue weighted by atomic mass is 9.89. The van der Waals surface area contributed by atoms with Gasteiger partial charge in [0.15, 0.2) is 0 Å². The second kappa shape index (κ2) is 7.22. The van der Waals surface area contributed by atoms with Crippen molar-refractivity contribution in [1.82, 2.24) is 19.5 Å². The number of halogens is 1. The van der Waals surface area contributed by atoms with Crippen LogP contribution >= 0.6 is 11.3 Å². The van der Waals surface area contributed by atoms with Gasteiger partial charge in [0.2, 0.25) is 0 Å². The van der Waals surface area contributed by atoms with Crippen LogP contribution in [0.4, 0.5) is 10.2 Å². The van der Waals surface area contributed by atoms with Crippen LogP contribution in [0.15, 0.2) is 43.0 Å². The molecule has 0 aliphatic heterocycles. The van der Waals surface area contributed by atoms with E-state index in [0.717, 1.165) is 34.7 Å². The Morgan fingerprint density at radius 1 is 1.24 bits per heavy atom. The Balaban J connectivity index is 1.64. The van der Waals surface area contributed by atoms with Gasteiger partial charge in [-0.05, 0) is 36.8 Å². The second-order valence-corrected chi connectivity index (χ2v) is 8.83. The van der Waals surface area contributed by atoms with Crippen molar-refractivity contribution in [3.63, 3.8) is 0 Å². The van der Waals surface area contributed by atoms with Gasteiger partial charge in [-0.1, -0.05) is 25.1 Å². The monoisotopic (exact) mass is 407 g/mol. The normalized spacial score (nSPS) is 17.3. The summed E-state index contributed by atoms with van der Waals surface area (Å²) in [6, 6.07) is 6.38. The van der Waals surface area contributed by atoms with Crippen LogP contribution in [-0.2, 0) is 19.9 Å². The molecule has 29 heavy (non-hydrogen) atoms. The summed E-state index contributed by atoms with van der Waals surface area (Å²) in [7, 11) is 1.92. The van der Waals surface area contributed by atoms with Gasteiger partial charge in [-0.15, -0.1) is 11.3 Å². The van der Waals surface area contributed by atoms with Crippen LogP contribution in [0.3, 0.4) is 0 Å². The molecule has 3 heterocycles. The van der Waals surface area contributed by atoms with Gasteiger partial charge < -0.3 is 9.88 Å². The van der Waals surface area contributed by atoms with E-state index in [4.69, 9.17) is 0 Å². The van der Waals surface area contributed by atoms with E-state index in [0.29, 0.717) is 11.5 Å². The predicted molar refractivity (Wildman–Crippen MR) is 114 cm³/mol. The molecule has 0 amide bonds. The lowest BCUT2D eigenvalue weighted by Gasteiger charge is -2.22. The minimum atomic E-state index is -0.452. The molecule has 2 atom stereocenters. The van der Waals surface area contributed by atoms with Crippen LogP contribution in [-0.4, -0.2) is 19.5 Å². The average Bonchev–Trinajstić information content (AvgIpc) is 3.29. The maximum absolute atomic E-state index is 14.7. The van der Waals surface area contributed by atoms with Crippen LogP contribution in [0.2, 0.25) is 0 Å². The van der Waals surface area contributed by atoms with Crippen molar-refractivity contribution in [3.8, 4) is 0 Å². The molecule has 1 N–H and O–H groups in total. The number of rotatable bonds is 4. The molecular formula is C22H22FN5S. The van der Waals surface area contributed by atoms with Crippen molar-refractivity contribution in [2.24, 2.45) is 13.0 Å². The lowest BCUT2D eigenvalue weighted by molar-refractivity contribution is 0.509. The van der Waals surface area contributed by atoms with Crippen molar-refractivity contribution in [1.29, 1.82) is 0 Å². The smallest absolute Gasteiger partial charge is 0.139 e. The van der Waals surface area contributed by atoms with E-state index in [2.05, 4.69) is 27.2 Å². The van der Waals surface area contributed by atoms with Gasteiger partial charge >= 0.3 is 0 Å². The van der Waals surface area contributed by atoms with Gasteiger partial charge in [0.25, 0.3) is 0 Å². The SMILES string of the molecule is C[C@H]1CCc2c(sc3ncnc(N[C@H](c4ccccc4F)c4nccn4C)c23)C1. The van der Waals surface area contributed by atoms with Gasteiger partial charge in [-0.3, -0.25) is 0 Å². The predicted octanol–water partition coefficient (Wildman–Crippen LogP) is 4.89. The third-order valence-corrected chi connectivity index (χ3v) is 6.87. The van der Waals surface area contributed by atoms with E-state index < -0.39 is 6.04 Å². The fourth-order valence-corrected chi connectivity index (χ4v) is 5.52. The van der Waals surface area contributed by atoms with E-state index in [1.54, 1.807) is 36.0 Å². The van der Waals surface area contributed by atoms with Crippen LogP contribution in [0.5, 0.6) is 0 Å². The Kier molecular flexibility index (Phi) is 4.54. The van der Waals surface area contributed by atoms with Gasteiger partial charge in [0, 0.05) is 29.9 Å². The van der Waals surface area contributed by atoms with Crippen LogP contribution in [0.25, 0.3) is 10.2 Å². The highest BCUT2D eigenvalue weighted by Crippen LogP contribution is 2.40. The maximum atomic E-state index is 14.7. The third kappa shape index (κ3) is 3.19. The molecule has 1 aliphatic carbocycles. The molecule has 1 aromatic carbocycles. The maximum Gasteiger partial charge on any atom is 0.139 e. The summed E-state index contributed by atoms with van der Waals surface area (Å²) in [4.78, 5) is 16.0. The molecule has 3 aromatic heterocycles. The number of anilines is 1. The number of imidazole rings is 1. The third-order valence-electron chi connectivity index (χ3n) is 5.71. The van der Waals surface area contributed by atoms with Gasteiger partial charge in [0.1, 0.15) is 34.7 Å². The molecule has 0 saturated carbocycles. The molecule has 0 unspecified atom stereocenters. The largest absolute Gasteiger partial charge is 0.355 e. The topological polar surface area (TPSA) is 55.6 Å². The Hall–Kier alpha value is -2.80. The number of benzene rings is 1. The van der Waals surface area contributed by atoms with E-state index >= 15 is 0 Å². The molecule has 0 spiro atoms. The molecule has 148 valence electrons. The van der Waals surface area contributed by atoms with E-state index in [9.17, 15) is 4.39 Å². The van der Waals surface area contributed by atoms with Crippen molar-refractivity contribution in [2.75, 3.05) is 5.32 Å². The molecule has 7 heteroatoms. The number of hydrogen-bond donors (Lipinski definition) is 1. The van der Waals surface area contributed by atoms with E-state index in [1.165, 1.54) is 22.9 Å². The summed E-state index contributed by atoms with van der Waals surface area (Å²) >= 11 is 1.76. The summed E-state index contributed by atoms with van der Waals surface area (Å²) in [5.41, 5.74) is 1.89. The lowest BCUT2D eigenvalue weighted by Crippen LogP contribution is -2.19. The highest BCUT2D eigenvalue weighted by molar-refractivity contribution is 7.19.